The minimum absolute atomic E-state index is 0.114. The molecule has 0 saturated carbocycles. The molecule has 2 unspecified atom stereocenters. The molecule has 1 aromatic carbocycles. The van der Waals surface area contributed by atoms with E-state index in [-0.39, 0.29) is 17.0 Å². The van der Waals surface area contributed by atoms with Crippen molar-refractivity contribution in [3.8, 4) is 11.5 Å². The summed E-state index contributed by atoms with van der Waals surface area (Å²) in [7, 11) is -1.39. The van der Waals surface area contributed by atoms with E-state index >= 15 is 0 Å². The van der Waals surface area contributed by atoms with Crippen molar-refractivity contribution in [1.82, 2.24) is 5.32 Å². The fourth-order valence-corrected chi connectivity index (χ4v) is 4.30. The van der Waals surface area contributed by atoms with E-state index in [4.69, 9.17) is 4.74 Å². The average molecular weight is 299 g/mol. The van der Waals surface area contributed by atoms with Gasteiger partial charge in [-0.15, -0.1) is 0 Å². The highest BCUT2D eigenvalue weighted by atomic mass is 32.2. The molecule has 0 radical (unpaired) electrons. The van der Waals surface area contributed by atoms with E-state index < -0.39 is 9.84 Å². The smallest absolute Gasteiger partial charge is 0.154 e. The maximum absolute atomic E-state index is 11.8. The van der Waals surface area contributed by atoms with E-state index in [1.54, 1.807) is 25.3 Å². The van der Waals surface area contributed by atoms with Crippen molar-refractivity contribution in [3.05, 3.63) is 23.8 Å². The predicted octanol–water partition coefficient (Wildman–Crippen LogP) is 1.63. The van der Waals surface area contributed by atoms with E-state index in [0.717, 1.165) is 18.4 Å². The minimum Gasteiger partial charge on any atom is -0.507 e. The molecule has 1 aromatic rings. The zero-order chi connectivity index (χ0) is 14.8. The zero-order valence-corrected chi connectivity index (χ0v) is 12.6. The number of aromatic hydroxyl groups is 1. The molecule has 2 rings (SSSR count). The Morgan fingerprint density at radius 3 is 2.80 bits per heavy atom. The molecule has 0 spiro atoms. The van der Waals surface area contributed by atoms with Crippen LogP contribution in [0.1, 0.15) is 31.4 Å². The quantitative estimate of drug-likeness (QED) is 0.864. The number of hydrogen-bond donors (Lipinski definition) is 2. The van der Waals surface area contributed by atoms with Crippen LogP contribution in [0.25, 0.3) is 0 Å². The van der Waals surface area contributed by atoms with Gasteiger partial charge in [0.05, 0.1) is 18.1 Å². The summed E-state index contributed by atoms with van der Waals surface area (Å²) in [5, 5.41) is 12.8. The molecule has 0 aliphatic carbocycles. The summed E-state index contributed by atoms with van der Waals surface area (Å²) >= 11 is 0. The molecular weight excluding hydrogens is 278 g/mol. The van der Waals surface area contributed by atoms with Crippen molar-refractivity contribution in [2.24, 2.45) is 0 Å². The van der Waals surface area contributed by atoms with Crippen LogP contribution in [-0.2, 0) is 9.84 Å². The summed E-state index contributed by atoms with van der Waals surface area (Å²) in [6, 6.07) is 5.01. The van der Waals surface area contributed by atoms with Crippen LogP contribution in [0.4, 0.5) is 0 Å². The second-order valence-corrected chi connectivity index (χ2v) is 7.59. The molecule has 0 bridgehead atoms. The Kier molecular flexibility index (Phi) is 4.55. The lowest BCUT2D eigenvalue weighted by atomic mass is 10.1. The third kappa shape index (κ3) is 3.24. The lowest BCUT2D eigenvalue weighted by Crippen LogP contribution is -2.32. The second-order valence-electron chi connectivity index (χ2n) is 5.19. The van der Waals surface area contributed by atoms with Crippen LogP contribution in [0.2, 0.25) is 0 Å². The van der Waals surface area contributed by atoms with Crippen molar-refractivity contribution in [2.45, 2.75) is 31.1 Å². The van der Waals surface area contributed by atoms with Gasteiger partial charge in [-0.1, -0.05) is 6.07 Å². The molecule has 0 aromatic heterocycles. The summed E-state index contributed by atoms with van der Waals surface area (Å²) in [4.78, 5) is 0. The second kappa shape index (κ2) is 6.01. The molecule has 0 amide bonds. The molecule has 2 atom stereocenters. The molecule has 1 heterocycles. The number of phenolic OH excluding ortho intramolecular Hbond substituents is 1. The molecule has 5 nitrogen and oxygen atoms in total. The highest BCUT2D eigenvalue weighted by Crippen LogP contribution is 2.28. The normalized spacial score (nSPS) is 22.6. The Bertz CT molecular complexity index is 571. The van der Waals surface area contributed by atoms with Crippen LogP contribution >= 0.6 is 0 Å². The highest BCUT2D eigenvalue weighted by Gasteiger charge is 2.31. The summed E-state index contributed by atoms with van der Waals surface area (Å²) in [5.74, 6) is 1.04. The zero-order valence-electron chi connectivity index (χ0n) is 11.8. The van der Waals surface area contributed by atoms with Gasteiger partial charge in [-0.25, -0.2) is 8.42 Å². The minimum atomic E-state index is -2.93. The number of ether oxygens (including phenoxy) is 1. The third-order valence-corrected chi connectivity index (χ3v) is 6.09. The molecule has 1 fully saturated rings. The van der Waals surface area contributed by atoms with Gasteiger partial charge >= 0.3 is 0 Å². The lowest BCUT2D eigenvalue weighted by Gasteiger charge is -2.18. The Morgan fingerprint density at radius 2 is 2.25 bits per heavy atom. The maximum Gasteiger partial charge on any atom is 0.154 e. The monoisotopic (exact) mass is 299 g/mol. The molecule has 6 heteroatoms. The van der Waals surface area contributed by atoms with Crippen molar-refractivity contribution >= 4 is 9.84 Å². The number of hydrogen-bond acceptors (Lipinski definition) is 5. The Balaban J connectivity index is 2.00. The first-order valence-corrected chi connectivity index (χ1v) is 8.47. The Hall–Kier alpha value is -1.27. The SMILES string of the molecule is COc1ccc(C(C)NCC2CCCS2(=O)=O)c(O)c1. The summed E-state index contributed by atoms with van der Waals surface area (Å²) in [6.07, 6.45) is 1.47. The first-order chi connectivity index (χ1) is 9.44. The fourth-order valence-electron chi connectivity index (χ4n) is 2.52. The molecular formula is C14H21NO4S. The van der Waals surface area contributed by atoms with E-state index in [0.29, 0.717) is 18.0 Å². The van der Waals surface area contributed by atoms with Crippen LogP contribution in [0.3, 0.4) is 0 Å². The predicted molar refractivity (Wildman–Crippen MR) is 77.9 cm³/mol. The number of nitrogens with one attached hydrogen (secondary N) is 1. The van der Waals surface area contributed by atoms with Gasteiger partial charge in [0.15, 0.2) is 9.84 Å². The first-order valence-electron chi connectivity index (χ1n) is 6.76. The van der Waals surface area contributed by atoms with Gasteiger partial charge in [0.2, 0.25) is 0 Å². The van der Waals surface area contributed by atoms with Crippen LogP contribution in [0.5, 0.6) is 11.5 Å². The molecule has 1 aliphatic rings. The number of methoxy groups -OCH3 is 1. The largest absolute Gasteiger partial charge is 0.507 e. The third-order valence-electron chi connectivity index (χ3n) is 3.82. The molecule has 1 saturated heterocycles. The van der Waals surface area contributed by atoms with Gasteiger partial charge in [0, 0.05) is 24.2 Å². The topological polar surface area (TPSA) is 75.6 Å². The van der Waals surface area contributed by atoms with Gasteiger partial charge in [0.25, 0.3) is 0 Å². The molecule has 2 N–H and O–H groups in total. The highest BCUT2D eigenvalue weighted by molar-refractivity contribution is 7.92. The number of benzene rings is 1. The van der Waals surface area contributed by atoms with Gasteiger partial charge in [-0.05, 0) is 25.8 Å². The fraction of sp³-hybridized carbons (Fsp3) is 0.571. The van der Waals surface area contributed by atoms with E-state index in [1.165, 1.54) is 0 Å². The van der Waals surface area contributed by atoms with Crippen molar-refractivity contribution < 1.29 is 18.3 Å². The number of phenols is 1. The van der Waals surface area contributed by atoms with Gasteiger partial charge in [-0.3, -0.25) is 0 Å². The van der Waals surface area contributed by atoms with Crippen molar-refractivity contribution in [1.29, 1.82) is 0 Å². The lowest BCUT2D eigenvalue weighted by molar-refractivity contribution is 0.404. The van der Waals surface area contributed by atoms with E-state index in [9.17, 15) is 13.5 Å². The van der Waals surface area contributed by atoms with E-state index in [2.05, 4.69) is 5.32 Å². The number of rotatable bonds is 5. The molecule has 20 heavy (non-hydrogen) atoms. The summed E-state index contributed by atoms with van der Waals surface area (Å²) in [5.41, 5.74) is 0.737. The first kappa shape index (κ1) is 15.1. The van der Waals surface area contributed by atoms with Crippen molar-refractivity contribution in [2.75, 3.05) is 19.4 Å². The van der Waals surface area contributed by atoms with Crippen LogP contribution in [0, 0.1) is 0 Å². The maximum atomic E-state index is 11.8. The number of sulfone groups is 1. The van der Waals surface area contributed by atoms with Crippen molar-refractivity contribution in [3.63, 3.8) is 0 Å². The average Bonchev–Trinajstić information content (AvgIpc) is 2.74. The standard InChI is InChI=1S/C14H21NO4S/c1-10(13-6-5-11(19-2)8-14(13)16)15-9-12-4-3-7-20(12,17)18/h5-6,8,10,12,15-16H,3-4,7,9H2,1-2H3. The summed E-state index contributed by atoms with van der Waals surface area (Å²) < 4.78 is 28.5. The van der Waals surface area contributed by atoms with E-state index in [1.807, 2.05) is 6.92 Å². The van der Waals surface area contributed by atoms with Gasteiger partial charge in [-0.2, -0.15) is 0 Å². The van der Waals surface area contributed by atoms with Gasteiger partial charge < -0.3 is 15.2 Å². The van der Waals surface area contributed by atoms with Crippen LogP contribution in [0.15, 0.2) is 18.2 Å². The Labute approximate surface area is 119 Å². The van der Waals surface area contributed by atoms with Crippen LogP contribution in [-0.4, -0.2) is 38.2 Å². The Morgan fingerprint density at radius 1 is 1.50 bits per heavy atom. The molecule has 1 aliphatic heterocycles. The summed E-state index contributed by atoms with van der Waals surface area (Å²) in [6.45, 7) is 2.33. The van der Waals surface area contributed by atoms with Crippen LogP contribution < -0.4 is 10.1 Å². The van der Waals surface area contributed by atoms with Gasteiger partial charge in [0.1, 0.15) is 11.5 Å². The molecule has 112 valence electrons.